The van der Waals surface area contributed by atoms with Crippen molar-refractivity contribution in [2.45, 2.75) is 26.2 Å². The van der Waals surface area contributed by atoms with Gasteiger partial charge in [0, 0.05) is 56.6 Å². The highest BCUT2D eigenvalue weighted by Gasteiger charge is 2.23. The topological polar surface area (TPSA) is 60.8 Å². The Morgan fingerprint density at radius 1 is 1.28 bits per heavy atom. The molecule has 0 unspecified atom stereocenters. The number of guanidine groups is 1. The van der Waals surface area contributed by atoms with Crippen LogP contribution in [-0.2, 0) is 24.1 Å². The Balaban J connectivity index is 1.43. The maximum atomic E-state index is 12.6. The van der Waals surface area contributed by atoms with E-state index in [1.165, 1.54) is 5.01 Å². The number of aromatic nitrogens is 1. The SMILES string of the molecule is CCc1nc(CCNC(=NC)N2CCN(C(=O)Cc3cccc(Cl)c3)CC2)cs1. The largest absolute Gasteiger partial charge is 0.356 e. The van der Waals surface area contributed by atoms with Crippen LogP contribution in [0.15, 0.2) is 34.6 Å². The fourth-order valence-electron chi connectivity index (χ4n) is 3.36. The van der Waals surface area contributed by atoms with E-state index in [0.29, 0.717) is 24.5 Å². The maximum Gasteiger partial charge on any atom is 0.227 e. The highest BCUT2D eigenvalue weighted by Crippen LogP contribution is 2.13. The first-order chi connectivity index (χ1) is 14.1. The molecule has 1 fully saturated rings. The highest BCUT2D eigenvalue weighted by atomic mass is 35.5. The molecule has 1 aliphatic rings. The number of nitrogens with zero attached hydrogens (tertiary/aromatic N) is 4. The molecule has 6 nitrogen and oxygen atoms in total. The minimum atomic E-state index is 0.144. The minimum absolute atomic E-state index is 0.144. The molecule has 0 aliphatic carbocycles. The number of benzene rings is 1. The van der Waals surface area contributed by atoms with Crippen LogP contribution in [0.4, 0.5) is 0 Å². The molecule has 0 spiro atoms. The summed E-state index contributed by atoms with van der Waals surface area (Å²) in [6.07, 6.45) is 2.26. The van der Waals surface area contributed by atoms with E-state index < -0.39 is 0 Å². The molecule has 156 valence electrons. The van der Waals surface area contributed by atoms with Gasteiger partial charge in [-0.3, -0.25) is 9.79 Å². The molecule has 29 heavy (non-hydrogen) atoms. The molecule has 0 saturated carbocycles. The zero-order chi connectivity index (χ0) is 20.6. The van der Waals surface area contributed by atoms with Crippen LogP contribution in [-0.4, -0.2) is 66.4 Å². The molecule has 1 aromatic heterocycles. The van der Waals surface area contributed by atoms with Gasteiger partial charge in [-0.25, -0.2) is 4.98 Å². The average Bonchev–Trinajstić information content (AvgIpc) is 3.19. The molecule has 0 bridgehead atoms. The number of thiazole rings is 1. The van der Waals surface area contributed by atoms with Crippen LogP contribution in [0, 0.1) is 0 Å². The van der Waals surface area contributed by atoms with Gasteiger partial charge in [0.25, 0.3) is 0 Å². The fourth-order valence-corrected chi connectivity index (χ4v) is 4.35. The number of halogens is 1. The van der Waals surface area contributed by atoms with Gasteiger partial charge >= 0.3 is 0 Å². The Labute approximate surface area is 181 Å². The van der Waals surface area contributed by atoms with Crippen LogP contribution in [0.2, 0.25) is 5.02 Å². The molecule has 1 saturated heterocycles. The smallest absolute Gasteiger partial charge is 0.227 e. The van der Waals surface area contributed by atoms with E-state index in [4.69, 9.17) is 11.6 Å². The van der Waals surface area contributed by atoms with Crippen molar-refractivity contribution in [1.29, 1.82) is 0 Å². The average molecular weight is 434 g/mol. The van der Waals surface area contributed by atoms with Crippen LogP contribution in [0.5, 0.6) is 0 Å². The Bertz CT molecular complexity index is 845. The van der Waals surface area contributed by atoms with Crippen LogP contribution in [0.1, 0.15) is 23.2 Å². The van der Waals surface area contributed by atoms with Gasteiger partial charge in [0.15, 0.2) is 5.96 Å². The summed E-state index contributed by atoms with van der Waals surface area (Å²) >= 11 is 7.74. The van der Waals surface area contributed by atoms with E-state index >= 15 is 0 Å². The molecule has 8 heteroatoms. The summed E-state index contributed by atoms with van der Waals surface area (Å²) < 4.78 is 0. The summed E-state index contributed by atoms with van der Waals surface area (Å²) in [5.74, 6) is 1.03. The zero-order valence-electron chi connectivity index (χ0n) is 17.0. The summed E-state index contributed by atoms with van der Waals surface area (Å²) in [5.41, 5.74) is 2.09. The summed E-state index contributed by atoms with van der Waals surface area (Å²) in [6.45, 7) is 5.88. The Hall–Kier alpha value is -2.12. The van der Waals surface area contributed by atoms with Gasteiger partial charge < -0.3 is 15.1 Å². The van der Waals surface area contributed by atoms with Gasteiger partial charge in [0.2, 0.25) is 5.91 Å². The minimum Gasteiger partial charge on any atom is -0.356 e. The first kappa shape index (κ1) is 21.6. The van der Waals surface area contributed by atoms with Gasteiger partial charge in [0.05, 0.1) is 17.1 Å². The number of nitrogens with one attached hydrogen (secondary N) is 1. The van der Waals surface area contributed by atoms with Crippen molar-refractivity contribution in [3.05, 3.63) is 50.9 Å². The van der Waals surface area contributed by atoms with Crippen LogP contribution >= 0.6 is 22.9 Å². The summed E-state index contributed by atoms with van der Waals surface area (Å²) in [4.78, 5) is 25.7. The van der Waals surface area contributed by atoms with E-state index in [1.807, 2.05) is 29.2 Å². The molecule has 1 aliphatic heterocycles. The number of hydrogen-bond acceptors (Lipinski definition) is 4. The number of amides is 1. The third kappa shape index (κ3) is 6.18. The Kier molecular flexibility index (Phi) is 7.89. The van der Waals surface area contributed by atoms with Gasteiger partial charge in [-0.15, -0.1) is 11.3 Å². The molecule has 1 N–H and O–H groups in total. The lowest BCUT2D eigenvalue weighted by Gasteiger charge is -2.36. The van der Waals surface area contributed by atoms with Crippen molar-refractivity contribution in [2.75, 3.05) is 39.8 Å². The number of hydrogen-bond donors (Lipinski definition) is 1. The number of rotatable bonds is 6. The van der Waals surface area contributed by atoms with Crippen molar-refractivity contribution in [2.24, 2.45) is 4.99 Å². The van der Waals surface area contributed by atoms with Crippen LogP contribution in [0.25, 0.3) is 0 Å². The molecular formula is C21H28ClN5OS. The van der Waals surface area contributed by atoms with Crippen molar-refractivity contribution >= 4 is 34.8 Å². The monoisotopic (exact) mass is 433 g/mol. The van der Waals surface area contributed by atoms with Crippen molar-refractivity contribution in [3.8, 4) is 0 Å². The highest BCUT2D eigenvalue weighted by molar-refractivity contribution is 7.09. The lowest BCUT2D eigenvalue weighted by Crippen LogP contribution is -2.54. The Morgan fingerprint density at radius 2 is 2.03 bits per heavy atom. The molecule has 2 aromatic rings. The predicted molar refractivity (Wildman–Crippen MR) is 120 cm³/mol. The van der Waals surface area contributed by atoms with Gasteiger partial charge in [-0.05, 0) is 24.1 Å². The first-order valence-corrected chi connectivity index (χ1v) is 11.3. The van der Waals surface area contributed by atoms with Gasteiger partial charge in [0.1, 0.15) is 0 Å². The normalized spacial score (nSPS) is 14.9. The van der Waals surface area contributed by atoms with Crippen LogP contribution < -0.4 is 5.32 Å². The van der Waals surface area contributed by atoms with E-state index in [0.717, 1.165) is 49.7 Å². The van der Waals surface area contributed by atoms with E-state index in [1.54, 1.807) is 18.4 Å². The predicted octanol–water partition coefficient (Wildman–Crippen LogP) is 2.86. The number of carbonyl (C=O) groups is 1. The van der Waals surface area contributed by atoms with Gasteiger partial charge in [-0.1, -0.05) is 30.7 Å². The molecular weight excluding hydrogens is 406 g/mol. The van der Waals surface area contributed by atoms with E-state index in [9.17, 15) is 4.79 Å². The van der Waals surface area contributed by atoms with E-state index in [-0.39, 0.29) is 5.91 Å². The maximum absolute atomic E-state index is 12.6. The molecule has 1 aromatic carbocycles. The lowest BCUT2D eigenvalue weighted by atomic mass is 10.1. The standard InChI is InChI=1S/C21H28ClN5OS/c1-3-19-25-18(15-29-19)7-8-24-21(23-2)27-11-9-26(10-12-27)20(28)14-16-5-4-6-17(22)13-16/h4-6,13,15H,3,7-12,14H2,1-2H3,(H,23,24). The quantitative estimate of drug-likeness (QED) is 0.562. The second-order valence-electron chi connectivity index (χ2n) is 6.98. The third-order valence-electron chi connectivity index (χ3n) is 4.95. The van der Waals surface area contributed by atoms with Crippen molar-refractivity contribution in [1.82, 2.24) is 20.1 Å². The first-order valence-electron chi connectivity index (χ1n) is 10.00. The van der Waals surface area contributed by atoms with E-state index in [2.05, 4.69) is 32.5 Å². The molecule has 0 radical (unpaired) electrons. The number of aryl methyl sites for hydroxylation is 1. The second kappa shape index (κ2) is 10.6. The molecule has 2 heterocycles. The summed E-state index contributed by atoms with van der Waals surface area (Å²) in [6, 6.07) is 7.50. The van der Waals surface area contributed by atoms with Gasteiger partial charge in [-0.2, -0.15) is 0 Å². The second-order valence-corrected chi connectivity index (χ2v) is 8.36. The van der Waals surface area contributed by atoms with Crippen molar-refractivity contribution in [3.63, 3.8) is 0 Å². The zero-order valence-corrected chi connectivity index (χ0v) is 18.6. The third-order valence-corrected chi connectivity index (χ3v) is 6.23. The number of aliphatic imine (C=N–C) groups is 1. The number of piperazine rings is 1. The molecule has 3 rings (SSSR count). The van der Waals surface area contributed by atoms with Crippen LogP contribution in [0.3, 0.4) is 0 Å². The summed E-state index contributed by atoms with van der Waals surface area (Å²) in [7, 11) is 1.80. The summed E-state index contributed by atoms with van der Waals surface area (Å²) in [5, 5.41) is 7.41. The fraction of sp³-hybridized carbons (Fsp3) is 0.476. The van der Waals surface area contributed by atoms with Crippen molar-refractivity contribution < 1.29 is 4.79 Å². The Morgan fingerprint density at radius 3 is 2.69 bits per heavy atom. The molecule has 0 atom stereocenters. The molecule has 1 amide bonds. The lowest BCUT2D eigenvalue weighted by molar-refractivity contribution is -0.131. The number of carbonyl (C=O) groups excluding carboxylic acids is 1.